The van der Waals surface area contributed by atoms with Gasteiger partial charge in [-0.15, -0.1) is 12.4 Å². The van der Waals surface area contributed by atoms with Crippen molar-refractivity contribution in [3.63, 3.8) is 0 Å². The van der Waals surface area contributed by atoms with Gasteiger partial charge in [-0.1, -0.05) is 18.2 Å². The van der Waals surface area contributed by atoms with Crippen LogP contribution in [0.4, 0.5) is 15.8 Å². The Morgan fingerprint density at radius 3 is 2.61 bits per heavy atom. The van der Waals surface area contributed by atoms with Gasteiger partial charge in [0, 0.05) is 17.3 Å². The van der Waals surface area contributed by atoms with Gasteiger partial charge >= 0.3 is 0 Å². The second kappa shape index (κ2) is 6.64. The molecule has 0 radical (unpaired) electrons. The highest BCUT2D eigenvalue weighted by Crippen LogP contribution is 2.30. The van der Waals surface area contributed by atoms with E-state index in [9.17, 15) is 9.65 Å². The minimum Gasteiger partial charge on any atom is -0.354 e. The molecular weight excluding hydrogens is 313 g/mol. The number of rotatable bonds is 2. The lowest BCUT2D eigenvalue weighted by atomic mass is 10.1. The number of fused-ring (bicyclic) bond motifs is 1. The number of halogens is 2. The number of pyridine rings is 1. The summed E-state index contributed by atoms with van der Waals surface area (Å²) in [6.45, 7) is 4.06. The summed E-state index contributed by atoms with van der Waals surface area (Å²) in [4.78, 5) is 4.05. The van der Waals surface area contributed by atoms with Crippen LogP contribution < -0.4 is 5.32 Å². The maximum Gasteiger partial charge on any atom is 0.149 e. The Bertz CT molecular complexity index is 916. The Morgan fingerprint density at radius 2 is 1.91 bits per heavy atom. The van der Waals surface area contributed by atoms with E-state index >= 15 is 0 Å². The third-order valence-corrected chi connectivity index (χ3v) is 3.74. The van der Waals surface area contributed by atoms with Crippen LogP contribution in [0.15, 0.2) is 42.6 Å². The van der Waals surface area contributed by atoms with Crippen molar-refractivity contribution in [2.24, 2.45) is 0 Å². The highest BCUT2D eigenvalue weighted by Gasteiger charge is 2.12. The SMILES string of the molecule is Cc1ccc(Nc2c(C#N)cnc3c(F)cccc23)cc1C.Cl. The van der Waals surface area contributed by atoms with Gasteiger partial charge in [0.2, 0.25) is 0 Å². The van der Waals surface area contributed by atoms with E-state index < -0.39 is 5.82 Å². The largest absolute Gasteiger partial charge is 0.354 e. The molecule has 1 aromatic heterocycles. The number of nitrogens with one attached hydrogen (secondary N) is 1. The number of anilines is 2. The van der Waals surface area contributed by atoms with Gasteiger partial charge in [-0.2, -0.15) is 5.26 Å². The second-order valence-electron chi connectivity index (χ2n) is 5.22. The average Bonchev–Trinajstić information content (AvgIpc) is 2.52. The third-order valence-electron chi connectivity index (χ3n) is 3.74. The van der Waals surface area contributed by atoms with Crippen molar-refractivity contribution >= 4 is 34.7 Å². The van der Waals surface area contributed by atoms with Crippen molar-refractivity contribution in [1.29, 1.82) is 5.26 Å². The molecule has 3 aromatic rings. The van der Waals surface area contributed by atoms with E-state index in [2.05, 4.69) is 16.4 Å². The van der Waals surface area contributed by atoms with Crippen LogP contribution in [0, 0.1) is 31.0 Å². The number of nitrogens with zero attached hydrogens (tertiary/aromatic N) is 2. The zero-order valence-corrected chi connectivity index (χ0v) is 13.5. The summed E-state index contributed by atoms with van der Waals surface area (Å²) in [6, 6.07) is 12.8. The standard InChI is InChI=1S/C18H14FN3.ClH/c1-11-6-7-14(8-12(11)2)22-17-13(9-20)10-21-18-15(17)4-3-5-16(18)19;/h3-8,10H,1-2H3,(H,21,22);1H. The van der Waals surface area contributed by atoms with E-state index in [1.165, 1.54) is 17.8 Å². The molecule has 5 heteroatoms. The first-order valence-electron chi connectivity index (χ1n) is 6.92. The molecule has 0 aliphatic rings. The third kappa shape index (κ3) is 3.10. The molecule has 0 atom stereocenters. The summed E-state index contributed by atoms with van der Waals surface area (Å²) in [5, 5.41) is 13.1. The number of aromatic nitrogens is 1. The maximum absolute atomic E-state index is 13.9. The van der Waals surface area contributed by atoms with Crippen molar-refractivity contribution < 1.29 is 4.39 Å². The van der Waals surface area contributed by atoms with Crippen LogP contribution in [-0.2, 0) is 0 Å². The van der Waals surface area contributed by atoms with E-state index in [0.29, 0.717) is 16.6 Å². The van der Waals surface area contributed by atoms with Crippen LogP contribution in [-0.4, -0.2) is 4.98 Å². The fraction of sp³-hybridized carbons (Fsp3) is 0.111. The quantitative estimate of drug-likeness (QED) is 0.718. The van der Waals surface area contributed by atoms with E-state index in [1.54, 1.807) is 12.1 Å². The first-order valence-corrected chi connectivity index (χ1v) is 6.92. The summed E-state index contributed by atoms with van der Waals surface area (Å²) in [5.41, 5.74) is 4.42. The van der Waals surface area contributed by atoms with Crippen LogP contribution in [0.1, 0.15) is 16.7 Å². The minimum absolute atomic E-state index is 0. The molecule has 0 amide bonds. The lowest BCUT2D eigenvalue weighted by molar-refractivity contribution is 0.637. The van der Waals surface area contributed by atoms with Crippen LogP contribution in [0.25, 0.3) is 10.9 Å². The fourth-order valence-electron chi connectivity index (χ4n) is 2.37. The minimum atomic E-state index is -0.398. The molecule has 3 rings (SSSR count). The van der Waals surface area contributed by atoms with Crippen molar-refractivity contribution in [3.8, 4) is 6.07 Å². The van der Waals surface area contributed by atoms with Gasteiger partial charge in [0.15, 0.2) is 0 Å². The smallest absolute Gasteiger partial charge is 0.149 e. The van der Waals surface area contributed by atoms with Crippen molar-refractivity contribution in [1.82, 2.24) is 4.98 Å². The van der Waals surface area contributed by atoms with Gasteiger partial charge in [-0.3, -0.25) is 4.98 Å². The molecule has 1 heterocycles. The molecule has 116 valence electrons. The predicted molar refractivity (Wildman–Crippen MR) is 92.9 cm³/mol. The van der Waals surface area contributed by atoms with E-state index in [-0.39, 0.29) is 17.9 Å². The van der Waals surface area contributed by atoms with E-state index in [1.807, 2.05) is 32.0 Å². The summed E-state index contributed by atoms with van der Waals surface area (Å²) in [5.74, 6) is -0.398. The fourth-order valence-corrected chi connectivity index (χ4v) is 2.37. The molecule has 0 unspecified atom stereocenters. The Balaban J connectivity index is 0.00000192. The summed E-state index contributed by atoms with van der Waals surface area (Å²) in [7, 11) is 0. The molecule has 0 aliphatic carbocycles. The van der Waals surface area contributed by atoms with Crippen LogP contribution in [0.5, 0.6) is 0 Å². The van der Waals surface area contributed by atoms with Gasteiger partial charge in [0.1, 0.15) is 17.4 Å². The molecule has 0 saturated heterocycles. The molecule has 3 nitrogen and oxygen atoms in total. The monoisotopic (exact) mass is 327 g/mol. The number of hydrogen-bond acceptors (Lipinski definition) is 3. The van der Waals surface area contributed by atoms with E-state index in [0.717, 1.165) is 11.3 Å². The zero-order valence-electron chi connectivity index (χ0n) is 12.7. The number of hydrogen-bond donors (Lipinski definition) is 1. The Hall–Kier alpha value is -2.64. The Kier molecular flexibility index (Phi) is 4.83. The maximum atomic E-state index is 13.9. The normalized spacial score (nSPS) is 10.0. The molecule has 0 saturated carbocycles. The van der Waals surface area contributed by atoms with Crippen LogP contribution in [0.2, 0.25) is 0 Å². The lowest BCUT2D eigenvalue weighted by Gasteiger charge is -2.13. The molecular formula is C18H15ClFN3. The Labute approximate surface area is 140 Å². The van der Waals surface area contributed by atoms with Crippen LogP contribution in [0.3, 0.4) is 0 Å². The first-order chi connectivity index (χ1) is 10.6. The van der Waals surface area contributed by atoms with Crippen molar-refractivity contribution in [2.45, 2.75) is 13.8 Å². The number of benzene rings is 2. The van der Waals surface area contributed by atoms with Crippen molar-refractivity contribution in [3.05, 3.63) is 65.1 Å². The molecule has 0 fully saturated rings. The molecule has 1 N–H and O–H groups in total. The number of para-hydroxylation sites is 1. The molecule has 0 spiro atoms. The highest BCUT2D eigenvalue weighted by molar-refractivity contribution is 5.96. The van der Waals surface area contributed by atoms with Crippen LogP contribution >= 0.6 is 12.4 Å². The van der Waals surface area contributed by atoms with E-state index in [4.69, 9.17) is 0 Å². The second-order valence-corrected chi connectivity index (χ2v) is 5.22. The number of nitriles is 1. The molecule has 23 heavy (non-hydrogen) atoms. The summed E-state index contributed by atoms with van der Waals surface area (Å²) < 4.78 is 13.9. The number of aryl methyl sites for hydroxylation is 2. The summed E-state index contributed by atoms with van der Waals surface area (Å²) in [6.07, 6.45) is 1.40. The molecule has 0 aliphatic heterocycles. The van der Waals surface area contributed by atoms with Crippen molar-refractivity contribution in [2.75, 3.05) is 5.32 Å². The lowest BCUT2D eigenvalue weighted by Crippen LogP contribution is -1.98. The van der Waals surface area contributed by atoms with Gasteiger partial charge < -0.3 is 5.32 Å². The van der Waals surface area contributed by atoms with Gasteiger partial charge in [0.05, 0.1) is 11.3 Å². The first kappa shape index (κ1) is 16.7. The average molecular weight is 328 g/mol. The Morgan fingerprint density at radius 1 is 1.13 bits per heavy atom. The predicted octanol–water partition coefficient (Wildman–Crippen LogP) is 5.03. The van der Waals surface area contributed by atoms with Gasteiger partial charge in [-0.25, -0.2) is 4.39 Å². The zero-order chi connectivity index (χ0) is 15.7. The van der Waals surface area contributed by atoms with Gasteiger partial charge in [0.25, 0.3) is 0 Å². The summed E-state index contributed by atoms with van der Waals surface area (Å²) >= 11 is 0. The molecule has 2 aromatic carbocycles. The topological polar surface area (TPSA) is 48.7 Å². The molecule has 0 bridgehead atoms. The highest BCUT2D eigenvalue weighted by atomic mass is 35.5. The van der Waals surface area contributed by atoms with Gasteiger partial charge in [-0.05, 0) is 43.2 Å².